The normalized spacial score (nSPS) is 10.2. The molecule has 1 aromatic rings. The van der Waals surface area contributed by atoms with Crippen LogP contribution in [0.15, 0.2) is 24.5 Å². The smallest absolute Gasteiger partial charge is 0.276 e. The molecule has 0 atom stereocenters. The van der Waals surface area contributed by atoms with Crippen molar-refractivity contribution in [1.82, 2.24) is 4.98 Å². The Morgan fingerprint density at radius 2 is 2.21 bits per heavy atom. The number of anilines is 1. The predicted molar refractivity (Wildman–Crippen MR) is 67.4 cm³/mol. The molecule has 3 N–H and O–H groups in total. The summed E-state index contributed by atoms with van der Waals surface area (Å²) < 4.78 is 5.10. The standard InChI is InChI=1S/C12H17N3O4/c13-11(16)5-1-2-7-19-9-12(17)15(18)10-4-3-6-14-8-10/h3-4,6,8,18H,1-2,5,7,9H2,(H2,13,16). The Hall–Kier alpha value is -1.99. The summed E-state index contributed by atoms with van der Waals surface area (Å²) in [6.07, 6.45) is 4.46. The molecule has 0 aliphatic carbocycles. The molecule has 19 heavy (non-hydrogen) atoms. The summed E-state index contributed by atoms with van der Waals surface area (Å²) in [5.41, 5.74) is 5.26. The number of ether oxygens (including phenoxy) is 1. The first-order valence-corrected chi connectivity index (χ1v) is 5.89. The zero-order valence-corrected chi connectivity index (χ0v) is 10.5. The van der Waals surface area contributed by atoms with Gasteiger partial charge in [0, 0.05) is 19.2 Å². The second kappa shape index (κ2) is 8.17. The fourth-order valence-corrected chi connectivity index (χ4v) is 1.35. The van der Waals surface area contributed by atoms with Gasteiger partial charge < -0.3 is 10.5 Å². The maximum Gasteiger partial charge on any atom is 0.276 e. The quantitative estimate of drug-likeness (QED) is 0.405. The molecule has 0 unspecified atom stereocenters. The molecule has 0 fully saturated rings. The van der Waals surface area contributed by atoms with Gasteiger partial charge in [0.05, 0.1) is 11.9 Å². The highest BCUT2D eigenvalue weighted by atomic mass is 16.5. The van der Waals surface area contributed by atoms with Gasteiger partial charge in [-0.15, -0.1) is 0 Å². The van der Waals surface area contributed by atoms with Crippen LogP contribution in [0.4, 0.5) is 5.69 Å². The van der Waals surface area contributed by atoms with Crippen LogP contribution >= 0.6 is 0 Å². The van der Waals surface area contributed by atoms with Crippen molar-refractivity contribution in [2.45, 2.75) is 19.3 Å². The third-order valence-corrected chi connectivity index (χ3v) is 2.31. The second-order valence-electron chi connectivity index (χ2n) is 3.89. The van der Waals surface area contributed by atoms with E-state index in [1.54, 1.807) is 12.1 Å². The molecule has 0 radical (unpaired) electrons. The summed E-state index contributed by atoms with van der Waals surface area (Å²) in [6, 6.07) is 3.16. The van der Waals surface area contributed by atoms with Crippen molar-refractivity contribution < 1.29 is 19.5 Å². The maximum absolute atomic E-state index is 11.5. The number of unbranched alkanes of at least 4 members (excludes halogenated alkanes) is 1. The molecule has 0 bridgehead atoms. The van der Waals surface area contributed by atoms with E-state index in [4.69, 9.17) is 10.5 Å². The van der Waals surface area contributed by atoms with E-state index >= 15 is 0 Å². The van der Waals surface area contributed by atoms with Crippen molar-refractivity contribution >= 4 is 17.5 Å². The van der Waals surface area contributed by atoms with E-state index in [9.17, 15) is 14.8 Å². The van der Waals surface area contributed by atoms with Crippen LogP contribution in [0.2, 0.25) is 0 Å². The summed E-state index contributed by atoms with van der Waals surface area (Å²) in [6.45, 7) is 0.0991. The number of aromatic nitrogens is 1. The van der Waals surface area contributed by atoms with Crippen LogP contribution in [0.3, 0.4) is 0 Å². The number of hydrogen-bond acceptors (Lipinski definition) is 5. The van der Waals surface area contributed by atoms with E-state index in [1.165, 1.54) is 12.4 Å². The third kappa shape index (κ3) is 5.94. The Morgan fingerprint density at radius 1 is 1.42 bits per heavy atom. The lowest BCUT2D eigenvalue weighted by Gasteiger charge is -2.14. The number of nitrogens with two attached hydrogens (primary N) is 1. The largest absolute Gasteiger partial charge is 0.372 e. The van der Waals surface area contributed by atoms with Crippen LogP contribution in [0.1, 0.15) is 19.3 Å². The summed E-state index contributed by atoms with van der Waals surface area (Å²) in [5.74, 6) is -0.933. The lowest BCUT2D eigenvalue weighted by atomic mass is 10.2. The SMILES string of the molecule is NC(=O)CCCCOCC(=O)N(O)c1cccnc1. The Labute approximate surface area is 110 Å². The van der Waals surface area contributed by atoms with Crippen molar-refractivity contribution in [3.05, 3.63) is 24.5 Å². The fourth-order valence-electron chi connectivity index (χ4n) is 1.35. The minimum absolute atomic E-state index is 0.234. The lowest BCUT2D eigenvalue weighted by molar-refractivity contribution is -0.128. The van der Waals surface area contributed by atoms with Crippen molar-refractivity contribution in [3.63, 3.8) is 0 Å². The third-order valence-electron chi connectivity index (χ3n) is 2.31. The molecule has 0 saturated carbocycles. The van der Waals surface area contributed by atoms with E-state index in [-0.39, 0.29) is 18.2 Å². The number of hydrogen-bond donors (Lipinski definition) is 2. The molecule has 0 spiro atoms. The van der Waals surface area contributed by atoms with Gasteiger partial charge in [0.25, 0.3) is 5.91 Å². The van der Waals surface area contributed by atoms with Gasteiger partial charge in [-0.05, 0) is 25.0 Å². The number of amides is 2. The van der Waals surface area contributed by atoms with E-state index < -0.39 is 5.91 Å². The average Bonchev–Trinajstić information content (AvgIpc) is 2.42. The molecule has 1 rings (SSSR count). The summed E-state index contributed by atoms with van der Waals surface area (Å²) in [5, 5.41) is 10.1. The van der Waals surface area contributed by atoms with E-state index in [0.717, 1.165) is 0 Å². The molecule has 0 aliphatic heterocycles. The number of carbonyl (C=O) groups is 2. The van der Waals surface area contributed by atoms with Gasteiger partial charge >= 0.3 is 0 Å². The molecule has 1 heterocycles. The molecular formula is C12H17N3O4. The van der Waals surface area contributed by atoms with E-state index in [0.29, 0.717) is 30.9 Å². The van der Waals surface area contributed by atoms with Crippen LogP contribution in [0, 0.1) is 0 Å². The molecule has 0 aromatic carbocycles. The van der Waals surface area contributed by atoms with Gasteiger partial charge in [0.2, 0.25) is 5.91 Å². The number of carbonyl (C=O) groups excluding carboxylic acids is 2. The maximum atomic E-state index is 11.5. The van der Waals surface area contributed by atoms with E-state index in [1.807, 2.05) is 0 Å². The van der Waals surface area contributed by atoms with Crippen LogP contribution in [0.25, 0.3) is 0 Å². The van der Waals surface area contributed by atoms with Crippen molar-refractivity contribution in [2.24, 2.45) is 5.73 Å². The zero-order valence-electron chi connectivity index (χ0n) is 10.5. The second-order valence-corrected chi connectivity index (χ2v) is 3.89. The average molecular weight is 267 g/mol. The van der Waals surface area contributed by atoms with Crippen molar-refractivity contribution in [2.75, 3.05) is 18.3 Å². The molecule has 0 aliphatic rings. The topological polar surface area (TPSA) is 106 Å². The highest BCUT2D eigenvalue weighted by Crippen LogP contribution is 2.09. The predicted octanol–water partition coefficient (Wildman–Crippen LogP) is 0.476. The van der Waals surface area contributed by atoms with Crippen LogP contribution in [-0.4, -0.2) is 35.2 Å². The Morgan fingerprint density at radius 3 is 2.84 bits per heavy atom. The number of pyridine rings is 1. The van der Waals surface area contributed by atoms with Crippen LogP contribution in [-0.2, 0) is 14.3 Å². The number of hydroxylamine groups is 1. The first kappa shape index (κ1) is 15.1. The Kier molecular flexibility index (Phi) is 6.48. The van der Waals surface area contributed by atoms with Crippen molar-refractivity contribution in [3.8, 4) is 0 Å². The van der Waals surface area contributed by atoms with Gasteiger partial charge in [-0.1, -0.05) is 0 Å². The lowest BCUT2D eigenvalue weighted by Crippen LogP contribution is -2.31. The summed E-state index contributed by atoms with van der Waals surface area (Å²) in [7, 11) is 0. The summed E-state index contributed by atoms with van der Waals surface area (Å²) >= 11 is 0. The minimum atomic E-state index is -0.581. The molecule has 0 saturated heterocycles. The molecular weight excluding hydrogens is 250 g/mol. The Bertz CT molecular complexity index is 411. The van der Waals surface area contributed by atoms with Gasteiger partial charge in [-0.3, -0.25) is 19.8 Å². The fraction of sp³-hybridized carbons (Fsp3) is 0.417. The highest BCUT2D eigenvalue weighted by Gasteiger charge is 2.12. The molecule has 7 heteroatoms. The molecule has 1 aromatic heterocycles. The van der Waals surface area contributed by atoms with Crippen LogP contribution in [0.5, 0.6) is 0 Å². The zero-order chi connectivity index (χ0) is 14.1. The highest BCUT2D eigenvalue weighted by molar-refractivity contribution is 5.91. The summed E-state index contributed by atoms with van der Waals surface area (Å²) in [4.78, 5) is 25.8. The number of nitrogens with zero attached hydrogens (tertiary/aromatic N) is 2. The monoisotopic (exact) mass is 267 g/mol. The van der Waals surface area contributed by atoms with Crippen molar-refractivity contribution in [1.29, 1.82) is 0 Å². The number of primary amides is 1. The minimum Gasteiger partial charge on any atom is -0.372 e. The Balaban J connectivity index is 2.19. The van der Waals surface area contributed by atoms with Crippen LogP contribution < -0.4 is 10.8 Å². The van der Waals surface area contributed by atoms with Gasteiger partial charge in [-0.2, -0.15) is 5.06 Å². The van der Waals surface area contributed by atoms with Gasteiger partial charge in [-0.25, -0.2) is 0 Å². The first-order valence-electron chi connectivity index (χ1n) is 5.89. The van der Waals surface area contributed by atoms with E-state index in [2.05, 4.69) is 4.98 Å². The molecule has 104 valence electrons. The molecule has 7 nitrogen and oxygen atoms in total. The molecule has 2 amide bonds. The number of rotatable bonds is 8. The van der Waals surface area contributed by atoms with Gasteiger partial charge in [0.1, 0.15) is 6.61 Å². The van der Waals surface area contributed by atoms with Gasteiger partial charge in [0.15, 0.2) is 0 Å². The first-order chi connectivity index (χ1) is 9.11.